The molecule has 1 unspecified atom stereocenters. The number of carbonyl (C=O) groups excluding carboxylic acids is 1. The molecule has 4 heteroatoms. The van der Waals surface area contributed by atoms with Gasteiger partial charge in [-0.25, -0.2) is 4.79 Å². The Labute approximate surface area is 117 Å². The van der Waals surface area contributed by atoms with Gasteiger partial charge in [0.15, 0.2) is 0 Å². The summed E-state index contributed by atoms with van der Waals surface area (Å²) in [7, 11) is 0. The van der Waals surface area contributed by atoms with Gasteiger partial charge in [0.2, 0.25) is 0 Å². The third-order valence-electron chi connectivity index (χ3n) is 2.36. The van der Waals surface area contributed by atoms with Crippen molar-refractivity contribution in [2.24, 2.45) is 0 Å². The second-order valence-corrected chi connectivity index (χ2v) is 5.92. The van der Waals surface area contributed by atoms with Gasteiger partial charge in [-0.15, -0.1) is 0 Å². The molecule has 3 nitrogen and oxygen atoms in total. The number of alkyl halides is 1. The molecule has 0 aliphatic rings. The highest BCUT2D eigenvalue weighted by Gasteiger charge is 2.18. The fourth-order valence-corrected chi connectivity index (χ4v) is 1.89. The van der Waals surface area contributed by atoms with Crippen molar-refractivity contribution in [2.45, 2.75) is 39.2 Å². The van der Waals surface area contributed by atoms with E-state index in [1.54, 1.807) is 0 Å². The first-order chi connectivity index (χ1) is 8.33. The van der Waals surface area contributed by atoms with Crippen LogP contribution in [-0.4, -0.2) is 17.0 Å². The molecule has 0 heterocycles. The zero-order chi connectivity index (χ0) is 13.8. The Balaban J connectivity index is 2.81. The minimum absolute atomic E-state index is 0.330. The van der Waals surface area contributed by atoms with Crippen molar-refractivity contribution in [1.82, 2.24) is 0 Å². The summed E-state index contributed by atoms with van der Waals surface area (Å²) in [5, 5.41) is 3.65. The first kappa shape index (κ1) is 15.0. The highest BCUT2D eigenvalue weighted by Crippen LogP contribution is 2.26. The third kappa shape index (κ3) is 4.69. The second kappa shape index (κ2) is 6.23. The van der Waals surface area contributed by atoms with Gasteiger partial charge in [-0.1, -0.05) is 41.1 Å². The number of halogens is 1. The molecule has 100 valence electrons. The van der Waals surface area contributed by atoms with E-state index in [2.05, 4.69) is 28.2 Å². The van der Waals surface area contributed by atoms with Gasteiger partial charge in [0.1, 0.15) is 5.60 Å². The van der Waals surface area contributed by atoms with Crippen LogP contribution in [0, 0.1) is 0 Å². The zero-order valence-corrected chi connectivity index (χ0v) is 12.9. The number of hydrogen-bond donors (Lipinski definition) is 1. The Morgan fingerprint density at radius 2 is 2.00 bits per heavy atom. The van der Waals surface area contributed by atoms with E-state index in [4.69, 9.17) is 4.74 Å². The van der Waals surface area contributed by atoms with E-state index in [0.717, 1.165) is 16.6 Å². The summed E-state index contributed by atoms with van der Waals surface area (Å²) in [6.07, 6.45) is -0.420. The van der Waals surface area contributed by atoms with Crippen molar-refractivity contribution in [1.29, 1.82) is 0 Å². The average Bonchev–Trinajstić information content (AvgIpc) is 2.26. The van der Waals surface area contributed by atoms with Crippen LogP contribution in [0.4, 0.5) is 10.5 Å². The lowest BCUT2D eigenvalue weighted by Gasteiger charge is -2.21. The highest BCUT2D eigenvalue weighted by atomic mass is 79.9. The molecule has 18 heavy (non-hydrogen) atoms. The Bertz CT molecular complexity index is 413. The van der Waals surface area contributed by atoms with Crippen LogP contribution in [-0.2, 0) is 4.74 Å². The van der Waals surface area contributed by atoms with E-state index in [1.807, 2.05) is 45.0 Å². The molecule has 0 spiro atoms. The maximum absolute atomic E-state index is 11.7. The van der Waals surface area contributed by atoms with Crippen molar-refractivity contribution < 1.29 is 9.53 Å². The summed E-state index contributed by atoms with van der Waals surface area (Å²) in [6.45, 7) is 7.64. The summed E-state index contributed by atoms with van der Waals surface area (Å²) in [5.74, 6) is 0.330. The predicted octanol–water partition coefficient (Wildman–Crippen LogP) is 4.53. The summed E-state index contributed by atoms with van der Waals surface area (Å²) in [4.78, 5) is 11.7. The van der Waals surface area contributed by atoms with Crippen molar-refractivity contribution in [3.63, 3.8) is 0 Å². The Morgan fingerprint density at radius 3 is 2.56 bits per heavy atom. The van der Waals surface area contributed by atoms with Crippen LogP contribution in [0.5, 0.6) is 0 Å². The smallest absolute Gasteiger partial charge is 0.412 e. The number of ether oxygens (including phenoxy) is 1. The van der Waals surface area contributed by atoms with Crippen LogP contribution in [0.1, 0.15) is 39.2 Å². The van der Waals surface area contributed by atoms with Gasteiger partial charge in [0.05, 0.1) is 0 Å². The van der Waals surface area contributed by atoms with E-state index < -0.39 is 11.7 Å². The fourth-order valence-electron chi connectivity index (χ4n) is 1.54. The van der Waals surface area contributed by atoms with Crippen LogP contribution in [0.3, 0.4) is 0 Å². The Hall–Kier alpha value is -1.03. The highest BCUT2D eigenvalue weighted by molar-refractivity contribution is 9.09. The van der Waals surface area contributed by atoms with Crippen LogP contribution in [0.2, 0.25) is 0 Å². The van der Waals surface area contributed by atoms with E-state index in [-0.39, 0.29) is 0 Å². The van der Waals surface area contributed by atoms with E-state index in [9.17, 15) is 4.79 Å². The van der Waals surface area contributed by atoms with Gasteiger partial charge in [0.25, 0.3) is 0 Å². The fraction of sp³-hybridized carbons (Fsp3) is 0.500. The van der Waals surface area contributed by atoms with E-state index in [0.29, 0.717) is 5.92 Å². The summed E-state index contributed by atoms with van der Waals surface area (Å²) >= 11 is 3.46. The molecule has 1 aromatic rings. The Morgan fingerprint density at radius 1 is 1.39 bits per heavy atom. The van der Waals surface area contributed by atoms with Crippen LogP contribution in [0.15, 0.2) is 24.3 Å². The standard InChI is InChI=1S/C14H20BrNO2/c1-10(9-15)11-7-5-6-8-12(11)16-13(17)18-14(2,3)4/h5-8,10H,9H2,1-4H3,(H,16,17). The topological polar surface area (TPSA) is 38.3 Å². The van der Waals surface area contributed by atoms with Gasteiger partial charge in [-0.3, -0.25) is 5.32 Å². The molecule has 0 saturated heterocycles. The second-order valence-electron chi connectivity index (χ2n) is 5.27. The molecule has 1 aromatic carbocycles. The first-order valence-electron chi connectivity index (χ1n) is 5.98. The average molecular weight is 314 g/mol. The van der Waals surface area contributed by atoms with Crippen molar-refractivity contribution in [3.05, 3.63) is 29.8 Å². The SMILES string of the molecule is CC(CBr)c1ccccc1NC(=O)OC(C)(C)C. The van der Waals surface area contributed by atoms with Gasteiger partial charge < -0.3 is 4.74 Å². The number of carbonyl (C=O) groups is 1. The lowest BCUT2D eigenvalue weighted by molar-refractivity contribution is 0.0636. The number of amides is 1. The molecule has 0 fully saturated rings. The van der Waals surface area contributed by atoms with Gasteiger partial charge in [-0.2, -0.15) is 0 Å². The van der Waals surface area contributed by atoms with E-state index in [1.165, 1.54) is 0 Å². The molecular weight excluding hydrogens is 294 g/mol. The summed E-state index contributed by atoms with van der Waals surface area (Å²) < 4.78 is 5.25. The number of para-hydroxylation sites is 1. The number of nitrogens with one attached hydrogen (secondary N) is 1. The monoisotopic (exact) mass is 313 g/mol. The largest absolute Gasteiger partial charge is 0.444 e. The molecule has 1 N–H and O–H groups in total. The summed E-state index contributed by atoms with van der Waals surface area (Å²) in [6, 6.07) is 7.77. The predicted molar refractivity (Wildman–Crippen MR) is 78.5 cm³/mol. The number of benzene rings is 1. The van der Waals surface area contributed by atoms with Crippen LogP contribution in [0.25, 0.3) is 0 Å². The third-order valence-corrected chi connectivity index (χ3v) is 3.33. The van der Waals surface area contributed by atoms with E-state index >= 15 is 0 Å². The molecule has 1 rings (SSSR count). The van der Waals surface area contributed by atoms with Crippen molar-refractivity contribution >= 4 is 27.7 Å². The molecule has 0 aliphatic heterocycles. The maximum Gasteiger partial charge on any atom is 0.412 e. The normalized spacial score (nSPS) is 12.9. The molecule has 0 radical (unpaired) electrons. The van der Waals surface area contributed by atoms with Crippen LogP contribution >= 0.6 is 15.9 Å². The van der Waals surface area contributed by atoms with Gasteiger partial charge in [-0.05, 0) is 38.3 Å². The van der Waals surface area contributed by atoms with Crippen molar-refractivity contribution in [3.8, 4) is 0 Å². The van der Waals surface area contributed by atoms with Crippen molar-refractivity contribution in [2.75, 3.05) is 10.6 Å². The molecule has 1 atom stereocenters. The first-order valence-corrected chi connectivity index (χ1v) is 7.10. The number of hydrogen-bond acceptors (Lipinski definition) is 2. The molecule has 0 aromatic heterocycles. The van der Waals surface area contributed by atoms with Gasteiger partial charge >= 0.3 is 6.09 Å². The summed E-state index contributed by atoms with van der Waals surface area (Å²) in [5.41, 5.74) is 1.42. The molecular formula is C14H20BrNO2. The molecule has 0 aliphatic carbocycles. The molecule has 1 amide bonds. The quantitative estimate of drug-likeness (QED) is 0.832. The number of anilines is 1. The molecule has 0 bridgehead atoms. The van der Waals surface area contributed by atoms with Gasteiger partial charge in [0, 0.05) is 11.0 Å². The lowest BCUT2D eigenvalue weighted by Crippen LogP contribution is -2.27. The maximum atomic E-state index is 11.7. The molecule has 0 saturated carbocycles. The Kier molecular flexibility index (Phi) is 5.20. The number of rotatable bonds is 3. The lowest BCUT2D eigenvalue weighted by atomic mass is 10.0. The van der Waals surface area contributed by atoms with Crippen LogP contribution < -0.4 is 5.32 Å². The minimum atomic E-state index is -0.486. The zero-order valence-electron chi connectivity index (χ0n) is 11.3. The minimum Gasteiger partial charge on any atom is -0.444 e.